The Morgan fingerprint density at radius 1 is 1.00 bits per heavy atom. The van der Waals surface area contributed by atoms with Crippen LogP contribution >= 0.6 is 0 Å². The zero-order valence-corrected chi connectivity index (χ0v) is 17.3. The molecule has 1 heterocycles. The van der Waals surface area contributed by atoms with Gasteiger partial charge < -0.3 is 14.4 Å². The van der Waals surface area contributed by atoms with Crippen LogP contribution in [0.5, 0.6) is 5.75 Å². The van der Waals surface area contributed by atoms with Gasteiger partial charge in [0.1, 0.15) is 5.75 Å². The van der Waals surface area contributed by atoms with Crippen molar-refractivity contribution in [3.05, 3.63) is 60.2 Å². The molecule has 2 aromatic rings. The summed E-state index contributed by atoms with van der Waals surface area (Å²) >= 11 is 0. The number of hydrogen-bond acceptors (Lipinski definition) is 6. The summed E-state index contributed by atoms with van der Waals surface area (Å²) in [4.78, 5) is 13.6. The van der Waals surface area contributed by atoms with Gasteiger partial charge in [0.15, 0.2) is 0 Å². The van der Waals surface area contributed by atoms with E-state index in [0.717, 1.165) is 11.4 Å². The molecule has 29 heavy (non-hydrogen) atoms. The van der Waals surface area contributed by atoms with E-state index in [1.165, 1.54) is 23.6 Å². The van der Waals surface area contributed by atoms with Crippen LogP contribution in [0.1, 0.15) is 5.56 Å². The molecule has 0 aliphatic carbocycles. The fourth-order valence-electron chi connectivity index (χ4n) is 3.22. The predicted molar refractivity (Wildman–Crippen MR) is 111 cm³/mol. The summed E-state index contributed by atoms with van der Waals surface area (Å²) in [6, 6.07) is 14.2. The minimum atomic E-state index is -3.62. The lowest BCUT2D eigenvalue weighted by atomic mass is 10.2. The van der Waals surface area contributed by atoms with Crippen LogP contribution in [0.15, 0.2) is 59.5 Å². The highest BCUT2D eigenvalue weighted by Crippen LogP contribution is 2.29. The third-order valence-corrected chi connectivity index (χ3v) is 6.67. The number of benzene rings is 2. The van der Waals surface area contributed by atoms with Crippen LogP contribution in [-0.2, 0) is 19.6 Å². The van der Waals surface area contributed by atoms with Crippen molar-refractivity contribution in [2.45, 2.75) is 4.90 Å². The van der Waals surface area contributed by atoms with Gasteiger partial charge in [0, 0.05) is 32.3 Å². The van der Waals surface area contributed by atoms with Crippen LogP contribution in [0.25, 0.3) is 6.08 Å². The quantitative estimate of drug-likeness (QED) is 0.532. The van der Waals surface area contributed by atoms with Gasteiger partial charge in [-0.15, -0.1) is 0 Å². The molecule has 2 aromatic carbocycles. The Balaban J connectivity index is 1.73. The molecule has 154 valence electrons. The summed E-state index contributed by atoms with van der Waals surface area (Å²) in [6.07, 6.45) is 2.79. The van der Waals surface area contributed by atoms with Crippen molar-refractivity contribution < 1.29 is 22.7 Å². The first-order valence-corrected chi connectivity index (χ1v) is 10.6. The Morgan fingerprint density at radius 3 is 2.41 bits per heavy atom. The third-order valence-electron chi connectivity index (χ3n) is 4.77. The fourth-order valence-corrected chi connectivity index (χ4v) is 4.70. The summed E-state index contributed by atoms with van der Waals surface area (Å²) in [5, 5.41) is 0. The van der Waals surface area contributed by atoms with Gasteiger partial charge in [0.25, 0.3) is 0 Å². The van der Waals surface area contributed by atoms with Gasteiger partial charge in [0.2, 0.25) is 10.0 Å². The molecule has 1 aliphatic rings. The molecule has 0 amide bonds. The van der Waals surface area contributed by atoms with E-state index < -0.39 is 16.0 Å². The maximum atomic E-state index is 13.1. The lowest BCUT2D eigenvalue weighted by Crippen LogP contribution is -2.48. The van der Waals surface area contributed by atoms with E-state index in [-0.39, 0.29) is 4.90 Å². The summed E-state index contributed by atoms with van der Waals surface area (Å²) < 4.78 is 37.6. The van der Waals surface area contributed by atoms with Gasteiger partial charge in [-0.1, -0.05) is 24.3 Å². The van der Waals surface area contributed by atoms with Gasteiger partial charge in [-0.05, 0) is 35.9 Å². The molecule has 0 atom stereocenters. The summed E-state index contributed by atoms with van der Waals surface area (Å²) in [5.41, 5.74) is 1.58. The first-order valence-electron chi connectivity index (χ1n) is 9.20. The van der Waals surface area contributed by atoms with Gasteiger partial charge in [-0.3, -0.25) is 0 Å². The number of hydrogen-bond donors (Lipinski definition) is 0. The first kappa shape index (κ1) is 20.9. The number of nitrogens with zero attached hydrogens (tertiary/aromatic N) is 2. The molecule has 0 spiro atoms. The Kier molecular flexibility index (Phi) is 6.56. The summed E-state index contributed by atoms with van der Waals surface area (Å²) in [5.74, 6) is 0.277. The SMILES string of the molecule is COC(=O)C=Cc1cccc(S(=O)(=O)N2CCN(c3ccccc3OC)CC2)c1. The van der Waals surface area contributed by atoms with E-state index in [2.05, 4.69) is 9.64 Å². The second-order valence-corrected chi connectivity index (χ2v) is 8.43. The van der Waals surface area contributed by atoms with E-state index >= 15 is 0 Å². The highest BCUT2D eigenvalue weighted by atomic mass is 32.2. The third kappa shape index (κ3) is 4.78. The molecule has 1 saturated heterocycles. The van der Waals surface area contributed by atoms with E-state index in [4.69, 9.17) is 4.74 Å². The molecule has 0 unspecified atom stereocenters. The smallest absolute Gasteiger partial charge is 0.330 e. The van der Waals surface area contributed by atoms with Crippen LogP contribution in [0.3, 0.4) is 0 Å². The number of carbonyl (C=O) groups excluding carboxylic acids is 1. The highest BCUT2D eigenvalue weighted by Gasteiger charge is 2.29. The van der Waals surface area contributed by atoms with Crippen LogP contribution in [0.4, 0.5) is 5.69 Å². The molecule has 0 aromatic heterocycles. The average molecular weight is 416 g/mol. The van der Waals surface area contributed by atoms with Gasteiger partial charge in [-0.25, -0.2) is 13.2 Å². The Morgan fingerprint density at radius 2 is 1.72 bits per heavy atom. The highest BCUT2D eigenvalue weighted by molar-refractivity contribution is 7.89. The molecule has 0 saturated carbocycles. The molecular weight excluding hydrogens is 392 g/mol. The summed E-state index contributed by atoms with van der Waals surface area (Å²) in [6.45, 7) is 1.90. The van der Waals surface area contributed by atoms with E-state index in [0.29, 0.717) is 31.7 Å². The first-order chi connectivity index (χ1) is 14.0. The minimum absolute atomic E-state index is 0.204. The molecule has 0 N–H and O–H groups in total. The summed E-state index contributed by atoms with van der Waals surface area (Å²) in [7, 11) is -0.709. The molecule has 0 bridgehead atoms. The molecule has 8 heteroatoms. The normalized spacial score (nSPS) is 15.4. The number of carbonyl (C=O) groups is 1. The van der Waals surface area contributed by atoms with Gasteiger partial charge in [0.05, 0.1) is 24.8 Å². The van der Waals surface area contributed by atoms with Crippen molar-refractivity contribution >= 4 is 27.8 Å². The molecule has 1 fully saturated rings. The van der Waals surface area contributed by atoms with Crippen LogP contribution in [0.2, 0.25) is 0 Å². The number of rotatable bonds is 6. The van der Waals surface area contributed by atoms with Crippen LogP contribution in [-0.4, -0.2) is 59.1 Å². The van der Waals surface area contributed by atoms with E-state index in [9.17, 15) is 13.2 Å². The zero-order valence-electron chi connectivity index (χ0n) is 16.4. The number of para-hydroxylation sites is 2. The Hall–Kier alpha value is -2.84. The largest absolute Gasteiger partial charge is 0.495 e. The predicted octanol–water partition coefficient (Wildman–Crippen LogP) is 2.39. The minimum Gasteiger partial charge on any atom is -0.495 e. The Bertz CT molecular complexity index is 996. The lowest BCUT2D eigenvalue weighted by Gasteiger charge is -2.36. The lowest BCUT2D eigenvalue weighted by molar-refractivity contribution is -0.134. The zero-order chi connectivity index (χ0) is 20.9. The topological polar surface area (TPSA) is 76.2 Å². The molecule has 3 rings (SSSR count). The number of sulfonamides is 1. The van der Waals surface area contributed by atoms with Crippen molar-refractivity contribution in [2.75, 3.05) is 45.3 Å². The number of anilines is 1. The second kappa shape index (κ2) is 9.11. The van der Waals surface area contributed by atoms with Crippen molar-refractivity contribution in [1.29, 1.82) is 0 Å². The number of methoxy groups -OCH3 is 2. The second-order valence-electron chi connectivity index (χ2n) is 6.49. The van der Waals surface area contributed by atoms with Gasteiger partial charge >= 0.3 is 5.97 Å². The maximum Gasteiger partial charge on any atom is 0.330 e. The van der Waals surface area contributed by atoms with Crippen molar-refractivity contribution in [3.8, 4) is 5.75 Å². The molecule has 7 nitrogen and oxygen atoms in total. The van der Waals surface area contributed by atoms with Crippen molar-refractivity contribution in [1.82, 2.24) is 4.31 Å². The van der Waals surface area contributed by atoms with Crippen LogP contribution in [0, 0.1) is 0 Å². The average Bonchev–Trinajstić information content (AvgIpc) is 2.77. The number of ether oxygens (including phenoxy) is 2. The van der Waals surface area contributed by atoms with E-state index in [1.54, 1.807) is 31.4 Å². The fraction of sp³-hybridized carbons (Fsp3) is 0.286. The number of piperazine rings is 1. The Labute approximate surface area is 171 Å². The molecule has 1 aliphatic heterocycles. The number of esters is 1. The monoisotopic (exact) mass is 416 g/mol. The molecule has 0 radical (unpaired) electrons. The van der Waals surface area contributed by atoms with E-state index in [1.807, 2.05) is 24.3 Å². The van der Waals surface area contributed by atoms with Crippen molar-refractivity contribution in [2.24, 2.45) is 0 Å². The van der Waals surface area contributed by atoms with Crippen LogP contribution < -0.4 is 9.64 Å². The van der Waals surface area contributed by atoms with Gasteiger partial charge in [-0.2, -0.15) is 4.31 Å². The molecular formula is C21H24N2O5S. The standard InChI is InChI=1S/C21H24N2O5S/c1-27-20-9-4-3-8-19(20)22-12-14-23(15-13-22)29(25,26)18-7-5-6-17(16-18)10-11-21(24)28-2/h3-11,16H,12-15H2,1-2H3. The van der Waals surface area contributed by atoms with Crippen molar-refractivity contribution in [3.63, 3.8) is 0 Å². The maximum absolute atomic E-state index is 13.1.